The van der Waals surface area contributed by atoms with E-state index in [4.69, 9.17) is 9.47 Å². The summed E-state index contributed by atoms with van der Waals surface area (Å²) in [5.74, 6) is -1.41. The Hall–Kier alpha value is -4.59. The van der Waals surface area contributed by atoms with E-state index in [1.165, 1.54) is 4.90 Å². The van der Waals surface area contributed by atoms with Crippen LogP contribution in [0.1, 0.15) is 29.7 Å². The summed E-state index contributed by atoms with van der Waals surface area (Å²) in [6.45, 7) is 3.30. The molecule has 1 fully saturated rings. The highest BCUT2D eigenvalue weighted by Gasteiger charge is 2.47. The third kappa shape index (κ3) is 4.61. The minimum Gasteiger partial charge on any atom is -0.507 e. The molecule has 1 amide bonds. The van der Waals surface area contributed by atoms with Crippen molar-refractivity contribution in [2.45, 2.75) is 19.4 Å². The van der Waals surface area contributed by atoms with Crippen LogP contribution in [0.15, 0.2) is 78.4 Å². The van der Waals surface area contributed by atoms with Gasteiger partial charge in [-0.1, -0.05) is 42.5 Å². The van der Waals surface area contributed by atoms with Crippen LogP contribution in [-0.4, -0.2) is 49.6 Å². The van der Waals surface area contributed by atoms with Crippen molar-refractivity contribution in [2.24, 2.45) is 0 Å². The molecule has 38 heavy (non-hydrogen) atoms. The average molecular weight is 513 g/mol. The monoisotopic (exact) mass is 512 g/mol. The number of benzene rings is 3. The summed E-state index contributed by atoms with van der Waals surface area (Å²) >= 11 is 0. The molecule has 1 saturated heterocycles. The number of anilines is 2. The quantitative estimate of drug-likeness (QED) is 0.228. The van der Waals surface area contributed by atoms with E-state index in [1.54, 1.807) is 49.4 Å². The lowest BCUT2D eigenvalue weighted by molar-refractivity contribution is -0.142. The molecule has 3 aromatic carbocycles. The Morgan fingerprint density at radius 1 is 1.05 bits per heavy atom. The van der Waals surface area contributed by atoms with E-state index in [-0.39, 0.29) is 23.7 Å². The lowest BCUT2D eigenvalue weighted by atomic mass is 9.94. The van der Waals surface area contributed by atoms with E-state index in [0.29, 0.717) is 42.3 Å². The topological polar surface area (TPSA) is 96.4 Å². The molecular formula is C30H28N2O6. The number of ketones is 1. The van der Waals surface area contributed by atoms with Crippen LogP contribution >= 0.6 is 0 Å². The number of likely N-dealkylation sites (N-methyl/N-ethyl adjacent to an activating group) is 1. The number of carbonyl (C=O) groups excluding carboxylic acids is 3. The zero-order valence-electron chi connectivity index (χ0n) is 21.2. The first-order chi connectivity index (χ1) is 18.4. The Bertz CT molecular complexity index is 1410. The van der Waals surface area contributed by atoms with Crippen LogP contribution in [0, 0.1) is 0 Å². The third-order valence-corrected chi connectivity index (χ3v) is 6.76. The third-order valence-electron chi connectivity index (χ3n) is 6.76. The fraction of sp³-hybridized carbons (Fsp3) is 0.233. The van der Waals surface area contributed by atoms with Crippen molar-refractivity contribution in [1.82, 2.24) is 0 Å². The van der Waals surface area contributed by atoms with Crippen LogP contribution in [0.25, 0.3) is 5.76 Å². The Morgan fingerprint density at radius 2 is 1.79 bits per heavy atom. The molecule has 2 aliphatic heterocycles. The normalized spacial score (nSPS) is 18.2. The molecule has 8 nitrogen and oxygen atoms in total. The van der Waals surface area contributed by atoms with Gasteiger partial charge in [0.15, 0.2) is 0 Å². The SMILES string of the molecule is CCOC(=O)Cc1ccc(N2C(=O)C(=O)/C(=C(\O)c3ccc4c(c3)N(C)CCO4)C2c2ccccc2)cc1. The number of carbonyl (C=O) groups is 3. The number of hydrogen-bond donors (Lipinski definition) is 1. The standard InChI is InChI=1S/C30H28N2O6/c1-3-37-25(33)17-19-9-12-22(13-10-19)32-27(20-7-5-4-6-8-20)26(29(35)30(32)36)28(34)21-11-14-24-23(18-21)31(2)15-16-38-24/h4-14,18,27,34H,3,15-17H2,1-2H3/b28-26-. The van der Waals surface area contributed by atoms with Gasteiger partial charge in [0.05, 0.1) is 36.9 Å². The van der Waals surface area contributed by atoms with E-state index >= 15 is 0 Å². The van der Waals surface area contributed by atoms with Crippen molar-refractivity contribution in [2.75, 3.05) is 36.6 Å². The van der Waals surface area contributed by atoms with Crippen LogP contribution < -0.4 is 14.5 Å². The van der Waals surface area contributed by atoms with Crippen LogP contribution in [0.3, 0.4) is 0 Å². The van der Waals surface area contributed by atoms with Gasteiger partial charge in [0.25, 0.3) is 11.7 Å². The second-order valence-electron chi connectivity index (χ2n) is 9.18. The van der Waals surface area contributed by atoms with Gasteiger partial charge in [0.1, 0.15) is 18.1 Å². The second-order valence-corrected chi connectivity index (χ2v) is 9.18. The summed E-state index contributed by atoms with van der Waals surface area (Å²) in [5.41, 5.74) is 3.11. The van der Waals surface area contributed by atoms with Crippen LogP contribution in [0.5, 0.6) is 5.75 Å². The molecule has 3 aromatic rings. The molecule has 2 aliphatic rings. The molecule has 1 N–H and O–H groups in total. The first kappa shape index (κ1) is 25.1. The van der Waals surface area contributed by atoms with Gasteiger partial charge in [-0.25, -0.2) is 0 Å². The smallest absolute Gasteiger partial charge is 0.310 e. The molecule has 1 atom stereocenters. The van der Waals surface area contributed by atoms with E-state index in [9.17, 15) is 19.5 Å². The molecule has 2 heterocycles. The number of hydrogen-bond acceptors (Lipinski definition) is 7. The number of aliphatic hydroxyl groups excluding tert-OH is 1. The number of esters is 1. The average Bonchev–Trinajstić information content (AvgIpc) is 3.19. The Morgan fingerprint density at radius 3 is 2.50 bits per heavy atom. The van der Waals surface area contributed by atoms with Gasteiger partial charge in [-0.05, 0) is 48.4 Å². The highest BCUT2D eigenvalue weighted by Crippen LogP contribution is 2.43. The number of ether oxygens (including phenoxy) is 2. The molecule has 194 valence electrons. The number of aliphatic hydroxyl groups is 1. The van der Waals surface area contributed by atoms with E-state index in [1.807, 2.05) is 42.3 Å². The summed E-state index contributed by atoms with van der Waals surface area (Å²) in [6.07, 6.45) is 0.103. The minimum atomic E-state index is -0.836. The van der Waals surface area contributed by atoms with Crippen molar-refractivity contribution in [3.8, 4) is 5.75 Å². The molecule has 0 aromatic heterocycles. The highest BCUT2D eigenvalue weighted by atomic mass is 16.5. The predicted octanol–water partition coefficient (Wildman–Crippen LogP) is 4.25. The van der Waals surface area contributed by atoms with Crippen LogP contribution in [0.4, 0.5) is 11.4 Å². The molecule has 8 heteroatoms. The molecular weight excluding hydrogens is 484 g/mol. The maximum Gasteiger partial charge on any atom is 0.310 e. The summed E-state index contributed by atoms with van der Waals surface area (Å²) in [6, 6.07) is 20.4. The fourth-order valence-electron chi connectivity index (χ4n) is 4.86. The molecule has 0 saturated carbocycles. The maximum atomic E-state index is 13.4. The van der Waals surface area contributed by atoms with Gasteiger partial charge in [-0.2, -0.15) is 0 Å². The molecule has 5 rings (SSSR count). The number of nitrogens with zero attached hydrogens (tertiary/aromatic N) is 2. The molecule has 1 unspecified atom stereocenters. The minimum absolute atomic E-state index is 0.0103. The number of fused-ring (bicyclic) bond motifs is 1. The van der Waals surface area contributed by atoms with Crippen molar-refractivity contribution < 1.29 is 29.0 Å². The lowest BCUT2D eigenvalue weighted by Gasteiger charge is -2.28. The van der Waals surface area contributed by atoms with Gasteiger partial charge < -0.3 is 19.5 Å². The van der Waals surface area contributed by atoms with E-state index in [2.05, 4.69) is 0 Å². The highest BCUT2D eigenvalue weighted by molar-refractivity contribution is 6.51. The summed E-state index contributed by atoms with van der Waals surface area (Å²) in [7, 11) is 1.93. The van der Waals surface area contributed by atoms with Crippen LogP contribution in [0.2, 0.25) is 0 Å². The number of Topliss-reactive ketones (excluding diaryl/α,β-unsaturated/α-hetero) is 1. The first-order valence-electron chi connectivity index (χ1n) is 12.5. The van der Waals surface area contributed by atoms with Gasteiger partial charge >= 0.3 is 5.97 Å². The lowest BCUT2D eigenvalue weighted by Crippen LogP contribution is -2.29. The Labute approximate surface area is 220 Å². The number of amides is 1. The zero-order valence-corrected chi connectivity index (χ0v) is 21.2. The van der Waals surface area contributed by atoms with E-state index < -0.39 is 17.7 Å². The van der Waals surface area contributed by atoms with Crippen molar-refractivity contribution >= 4 is 34.8 Å². The van der Waals surface area contributed by atoms with E-state index in [0.717, 1.165) is 11.3 Å². The van der Waals surface area contributed by atoms with Crippen molar-refractivity contribution in [3.63, 3.8) is 0 Å². The van der Waals surface area contributed by atoms with Crippen molar-refractivity contribution in [1.29, 1.82) is 0 Å². The van der Waals surface area contributed by atoms with Crippen molar-refractivity contribution in [3.05, 3.63) is 95.1 Å². The molecule has 0 bridgehead atoms. The first-order valence-corrected chi connectivity index (χ1v) is 12.5. The molecule has 0 radical (unpaired) electrons. The van der Waals surface area contributed by atoms with Gasteiger partial charge in [0.2, 0.25) is 0 Å². The van der Waals surface area contributed by atoms with Gasteiger partial charge in [0, 0.05) is 18.3 Å². The molecule has 0 aliphatic carbocycles. The fourth-order valence-corrected chi connectivity index (χ4v) is 4.86. The second kappa shape index (κ2) is 10.4. The number of rotatable bonds is 6. The predicted molar refractivity (Wildman–Crippen MR) is 143 cm³/mol. The van der Waals surface area contributed by atoms with Crippen LogP contribution in [-0.2, 0) is 25.5 Å². The maximum absolute atomic E-state index is 13.4. The largest absolute Gasteiger partial charge is 0.507 e. The van der Waals surface area contributed by atoms with Gasteiger partial charge in [-0.3, -0.25) is 19.3 Å². The van der Waals surface area contributed by atoms with Gasteiger partial charge in [-0.15, -0.1) is 0 Å². The molecule has 0 spiro atoms. The Kier molecular flexibility index (Phi) is 6.87. The summed E-state index contributed by atoms with van der Waals surface area (Å²) < 4.78 is 10.7. The zero-order chi connectivity index (χ0) is 26.8. The Balaban J connectivity index is 1.58. The summed E-state index contributed by atoms with van der Waals surface area (Å²) in [4.78, 5) is 42.1. The summed E-state index contributed by atoms with van der Waals surface area (Å²) in [5, 5.41) is 11.5.